The molecule has 0 radical (unpaired) electrons. The first-order chi connectivity index (χ1) is 45.5. The Bertz CT molecular complexity index is 3910. The highest BCUT2D eigenvalue weighted by atomic mass is 16.5. The lowest BCUT2D eigenvalue weighted by Gasteiger charge is -2.24. The number of unbranched alkanes of at least 4 members (excludes halogenated alkanes) is 6. The molecule has 11 rings (SSSR count). The summed E-state index contributed by atoms with van der Waals surface area (Å²) in [6.07, 6.45) is 27.3. The van der Waals surface area contributed by atoms with Crippen LogP contribution in [0.5, 0.6) is 34.5 Å². The third kappa shape index (κ3) is 14.8. The fraction of sp³-hybridized carbons (Fsp3) is 0.564. The van der Waals surface area contributed by atoms with Gasteiger partial charge in [-0.25, -0.2) is 29.9 Å². The van der Waals surface area contributed by atoms with Crippen LogP contribution in [0.2, 0.25) is 0 Å². The lowest BCUT2D eigenvalue weighted by molar-refractivity contribution is 0.0879. The molecule has 15 heteroatoms. The summed E-state index contributed by atoms with van der Waals surface area (Å²) < 4.78 is 49.3. The van der Waals surface area contributed by atoms with Crippen molar-refractivity contribution in [2.75, 3.05) is 0 Å². The van der Waals surface area contributed by atoms with E-state index in [1.165, 1.54) is 0 Å². The quantitative estimate of drug-likeness (QED) is 0.0356. The van der Waals surface area contributed by atoms with Crippen LogP contribution in [0.15, 0.2) is 60.7 Å². The van der Waals surface area contributed by atoms with Gasteiger partial charge in [0.2, 0.25) is 0 Å². The molecular weight excluding hydrogens is 1160 g/mol. The summed E-state index contributed by atoms with van der Waals surface area (Å²) in [6.45, 7) is 26.6. The lowest BCUT2D eigenvalue weighted by Crippen LogP contribution is -2.19. The molecule has 4 aromatic carbocycles. The average molecular weight is 1270 g/mol. The number of fused-ring (bicyclic) bond motifs is 25. The van der Waals surface area contributed by atoms with E-state index in [9.17, 15) is 0 Å². The van der Waals surface area contributed by atoms with E-state index in [0.29, 0.717) is 80.4 Å². The molecule has 7 aromatic rings. The third-order valence-corrected chi connectivity index (χ3v) is 19.4. The zero-order chi connectivity index (χ0) is 65.1. The van der Waals surface area contributed by atoms with Crippen LogP contribution >= 0.6 is 0 Å². The van der Waals surface area contributed by atoms with Gasteiger partial charge in [-0.3, -0.25) is 0 Å². The summed E-state index contributed by atoms with van der Waals surface area (Å²) >= 11 is 0. The Morgan fingerprint density at radius 3 is 0.806 bits per heavy atom. The molecule has 0 fully saturated rings. The molecule has 0 amide bonds. The summed E-state index contributed by atoms with van der Waals surface area (Å²) in [6, 6.07) is 17.0. The van der Waals surface area contributed by atoms with E-state index in [0.717, 1.165) is 209 Å². The first-order valence-corrected chi connectivity index (χ1v) is 36.4. The van der Waals surface area contributed by atoms with Crippen LogP contribution in [0.3, 0.4) is 0 Å². The minimum absolute atomic E-state index is 0.0144. The van der Waals surface area contributed by atoms with Crippen LogP contribution in [0, 0.1) is 0 Å². The van der Waals surface area contributed by atoms with Crippen molar-refractivity contribution in [1.29, 1.82) is 0 Å². The van der Waals surface area contributed by atoms with Crippen molar-refractivity contribution in [2.24, 2.45) is 0 Å². The van der Waals surface area contributed by atoms with Gasteiger partial charge in [-0.2, -0.15) is 0 Å². The molecule has 0 spiro atoms. The zero-order valence-corrected chi connectivity index (χ0v) is 57.9. The Kier molecular flexibility index (Phi) is 22.6. The maximum Gasteiger partial charge on any atom is 0.164 e. The van der Waals surface area contributed by atoms with E-state index < -0.39 is 0 Å². The second kappa shape index (κ2) is 31.3. The van der Waals surface area contributed by atoms with Crippen molar-refractivity contribution in [1.82, 2.24) is 39.9 Å². The van der Waals surface area contributed by atoms with Gasteiger partial charge >= 0.3 is 0 Å². The van der Waals surface area contributed by atoms with E-state index in [4.69, 9.17) is 63.1 Å². The van der Waals surface area contributed by atoms with Gasteiger partial charge in [-0.1, -0.05) is 172 Å². The van der Waals surface area contributed by atoms with E-state index in [-0.39, 0.29) is 48.8 Å². The number of hydrogen-bond donors (Lipinski definition) is 2. The van der Waals surface area contributed by atoms with Gasteiger partial charge in [0, 0.05) is 43.8 Å². The van der Waals surface area contributed by atoms with Crippen LogP contribution < -0.4 is 28.4 Å². The van der Waals surface area contributed by atoms with E-state index in [2.05, 4.69) is 154 Å². The Hall–Kier alpha value is -7.26. The van der Waals surface area contributed by atoms with Crippen molar-refractivity contribution in [2.45, 2.75) is 286 Å². The molecule has 3 aromatic heterocycles. The highest BCUT2D eigenvalue weighted by Crippen LogP contribution is 2.51. The van der Waals surface area contributed by atoms with Gasteiger partial charge in [0.25, 0.3) is 0 Å². The number of aromatic nitrogens is 8. The normalized spacial score (nSPS) is 16.4. The fourth-order valence-electron chi connectivity index (χ4n) is 13.5. The Morgan fingerprint density at radius 1 is 0.312 bits per heavy atom. The summed E-state index contributed by atoms with van der Waals surface area (Å²) in [5.74, 6) is 5.97. The number of nitrogens with zero attached hydrogens (tertiary/aromatic N) is 6. The average Bonchev–Trinajstić information content (AvgIpc) is 1.59. The van der Waals surface area contributed by atoms with Crippen molar-refractivity contribution >= 4 is 44.1 Å². The molecule has 6 unspecified atom stereocenters. The predicted octanol–water partition coefficient (Wildman–Crippen LogP) is 21.6. The summed E-state index contributed by atoms with van der Waals surface area (Å²) in [4.78, 5) is 41.1. The smallest absolute Gasteiger partial charge is 0.164 e. The van der Waals surface area contributed by atoms with Gasteiger partial charge in [0.15, 0.2) is 57.8 Å². The van der Waals surface area contributed by atoms with E-state index in [1.54, 1.807) is 0 Å². The highest BCUT2D eigenvalue weighted by molar-refractivity contribution is 6.09. The third-order valence-electron chi connectivity index (χ3n) is 19.4. The molecule has 0 saturated heterocycles. The van der Waals surface area contributed by atoms with Gasteiger partial charge in [-0.05, 0) is 137 Å². The first kappa shape index (κ1) is 67.2. The number of nitrogens with one attached hydrogen (secondary N) is 2. The van der Waals surface area contributed by atoms with Crippen molar-refractivity contribution < 1.29 is 33.2 Å². The first-order valence-electron chi connectivity index (χ1n) is 36.4. The molecule has 10 bridgehead atoms. The molecule has 0 aliphatic carbocycles. The molecule has 7 heterocycles. The summed E-state index contributed by atoms with van der Waals surface area (Å²) in [7, 11) is 0. The molecule has 498 valence electrons. The number of hydrogen-bond acceptors (Lipinski definition) is 13. The molecular formula is C78H104N8O7. The van der Waals surface area contributed by atoms with Gasteiger partial charge in [0.05, 0.1) is 36.6 Å². The van der Waals surface area contributed by atoms with Crippen molar-refractivity contribution in [3.05, 3.63) is 71.8 Å². The summed E-state index contributed by atoms with van der Waals surface area (Å²) in [5, 5.41) is 3.25. The molecule has 4 aliphatic heterocycles. The Morgan fingerprint density at radius 2 is 0.548 bits per heavy atom. The van der Waals surface area contributed by atoms with Gasteiger partial charge in [0.1, 0.15) is 34.8 Å². The Labute approximate surface area is 552 Å². The largest absolute Gasteiger partial charge is 0.487 e. The topological polar surface area (TPSA) is 174 Å². The van der Waals surface area contributed by atoms with Gasteiger partial charge in [-0.15, -0.1) is 0 Å². The fourth-order valence-corrected chi connectivity index (χ4v) is 13.5. The number of benzene rings is 4. The Balaban J connectivity index is 1.26. The second-order valence-electron chi connectivity index (χ2n) is 26.3. The maximum absolute atomic E-state index is 7.15. The zero-order valence-electron chi connectivity index (χ0n) is 57.9. The lowest BCUT2D eigenvalue weighted by atomic mass is 9.92. The summed E-state index contributed by atoms with van der Waals surface area (Å²) in [5.41, 5.74) is 7.70. The number of ether oxygens (including phenoxy) is 7. The van der Waals surface area contributed by atoms with Crippen LogP contribution in [-0.2, 0) is 4.74 Å². The van der Waals surface area contributed by atoms with Crippen LogP contribution in [-0.4, -0.2) is 76.5 Å². The van der Waals surface area contributed by atoms with Crippen molar-refractivity contribution in [3.8, 4) is 80.0 Å². The van der Waals surface area contributed by atoms with E-state index >= 15 is 0 Å². The van der Waals surface area contributed by atoms with Crippen LogP contribution in [0.25, 0.3) is 89.7 Å². The second-order valence-corrected chi connectivity index (χ2v) is 26.3. The molecule has 4 aliphatic rings. The monoisotopic (exact) mass is 1260 g/mol. The molecule has 93 heavy (non-hydrogen) atoms. The molecule has 8 atom stereocenters. The minimum Gasteiger partial charge on any atom is -0.487 e. The molecule has 2 N–H and O–H groups in total. The van der Waals surface area contributed by atoms with E-state index in [1.807, 2.05) is 0 Å². The number of aromatic amines is 2. The number of H-pyrrole nitrogens is 2. The standard InChI is InChI=1S/C78H104N8O7/c1-13-25-31-47(19-7)87-65-41-57-59(43-67(65)89-49(21-9)33-27-15-3)75-82-73(57)80-71-55-39-53-54(64-38-37-63(53)93-64)40-56(55)72(79-71)81-74-58-42-66(88-48(20-8)32-26-14-2)68(90-50(22-10)34-28-16-4)44-60(58)76(83-74)85-78-62-46-70(92-52(24-12)36-30-18-6)69(45-61(62)77(84-75)86-78)91-51(23-11)35-29-17-5/h37-52,63-64H,13-36H2,1-12H3,(H2,79,80,81,82,83,84,85,86)/t47?,48?,49?,50?,51?,52?,63-,64+. The molecule has 0 saturated carbocycles. The van der Waals surface area contributed by atoms with Crippen molar-refractivity contribution in [3.63, 3.8) is 0 Å². The van der Waals surface area contributed by atoms with Gasteiger partial charge < -0.3 is 43.1 Å². The van der Waals surface area contributed by atoms with Crippen LogP contribution in [0.4, 0.5) is 0 Å². The number of rotatable bonds is 36. The molecule has 15 nitrogen and oxygen atoms in total. The maximum atomic E-state index is 7.15. The van der Waals surface area contributed by atoms with Crippen LogP contribution in [0.1, 0.15) is 261 Å². The highest BCUT2D eigenvalue weighted by Gasteiger charge is 2.37. The minimum atomic E-state index is -0.166. The predicted molar refractivity (Wildman–Crippen MR) is 377 cm³/mol. The SMILES string of the molecule is CCCCC(CC)Oc1cc2c(cc1OC(CC)CCCC)-c1nc-2nc2nc(nc3[nH]c(nc4[nH]c(n1)c1cc(OC(CC)CCCC)c(OC(CC)CCCC)cc41)c1cc(OC(CC)CCCC)c(OC(CC)CCCC)cc31)-c1cc3c(cc1-2)[C@@H]1C=C[C@H]3O1.